The summed E-state index contributed by atoms with van der Waals surface area (Å²) in [7, 11) is 0. The van der Waals surface area contributed by atoms with Crippen LogP contribution in [0, 0.1) is 0 Å². The molecule has 0 bridgehead atoms. The number of nitrogens with one attached hydrogen (secondary N) is 1. The molecule has 1 aliphatic carbocycles. The van der Waals surface area contributed by atoms with Gasteiger partial charge in [-0.05, 0) is 49.6 Å². The normalized spacial score (nSPS) is 17.5. The maximum atomic E-state index is 13.8. The van der Waals surface area contributed by atoms with Gasteiger partial charge < -0.3 is 9.73 Å². The van der Waals surface area contributed by atoms with Crippen molar-refractivity contribution in [3.8, 4) is 11.5 Å². The molecule has 2 amide bonds. The first-order chi connectivity index (χ1) is 16.4. The minimum Gasteiger partial charge on any atom is -0.463 e. The number of hydrogen-bond donors (Lipinski definition) is 1. The average Bonchev–Trinajstić information content (AvgIpc) is 3.58. The summed E-state index contributed by atoms with van der Waals surface area (Å²) in [6, 6.07) is 12.6. The van der Waals surface area contributed by atoms with E-state index >= 15 is 0 Å². The molecule has 5 rings (SSSR count). The lowest BCUT2D eigenvalue weighted by Gasteiger charge is -2.28. The molecule has 3 heterocycles. The summed E-state index contributed by atoms with van der Waals surface area (Å²) in [5.41, 5.74) is 1.36. The van der Waals surface area contributed by atoms with Crippen LogP contribution in [0.25, 0.3) is 11.5 Å². The summed E-state index contributed by atoms with van der Waals surface area (Å²) >= 11 is 6.09. The van der Waals surface area contributed by atoms with Crippen molar-refractivity contribution in [2.45, 2.75) is 38.0 Å². The summed E-state index contributed by atoms with van der Waals surface area (Å²) in [5, 5.41) is 8.18. The molecule has 1 N–H and O–H groups in total. The highest BCUT2D eigenvalue weighted by Gasteiger charge is 2.43. The first-order valence-corrected chi connectivity index (χ1v) is 11.3. The van der Waals surface area contributed by atoms with Gasteiger partial charge in [0.05, 0.1) is 23.0 Å². The van der Waals surface area contributed by atoms with Crippen molar-refractivity contribution < 1.29 is 14.0 Å². The van der Waals surface area contributed by atoms with Crippen molar-refractivity contribution in [1.82, 2.24) is 9.78 Å². The fourth-order valence-electron chi connectivity index (χ4n) is 4.45. The molecule has 0 unspecified atom stereocenters. The smallest absolute Gasteiger partial charge is 0.281 e. The molecular formula is C25H22ClN5O3. The van der Waals surface area contributed by atoms with Gasteiger partial charge in [0.25, 0.3) is 11.9 Å². The number of anilines is 1. The molecule has 0 radical (unpaired) electrons. The summed E-state index contributed by atoms with van der Waals surface area (Å²) in [6.45, 7) is 5.39. The summed E-state index contributed by atoms with van der Waals surface area (Å²) in [4.78, 5) is 34.5. The topological polar surface area (TPSA) is 102 Å². The van der Waals surface area contributed by atoms with E-state index in [2.05, 4.69) is 27.0 Å². The lowest BCUT2D eigenvalue weighted by Crippen LogP contribution is -2.39. The van der Waals surface area contributed by atoms with Crippen molar-refractivity contribution in [3.63, 3.8) is 0 Å². The highest BCUT2D eigenvalue weighted by molar-refractivity contribution is 6.30. The van der Waals surface area contributed by atoms with Crippen LogP contribution < -0.4 is 5.32 Å². The Hall–Kier alpha value is -3.78. The van der Waals surface area contributed by atoms with Gasteiger partial charge in [-0.15, -0.1) is 0 Å². The van der Waals surface area contributed by atoms with E-state index in [1.54, 1.807) is 37.3 Å². The lowest BCUT2D eigenvalue weighted by atomic mass is 9.78. The molecule has 2 aromatic heterocycles. The zero-order chi connectivity index (χ0) is 23.9. The second-order valence-electron chi connectivity index (χ2n) is 8.45. The molecule has 1 saturated carbocycles. The largest absolute Gasteiger partial charge is 0.463 e. The Balaban J connectivity index is 1.56. The molecule has 1 aliphatic heterocycles. The zero-order valence-electron chi connectivity index (χ0n) is 18.5. The molecule has 9 heteroatoms. The predicted octanol–water partition coefficient (Wildman–Crippen LogP) is 5.01. The second kappa shape index (κ2) is 8.53. The summed E-state index contributed by atoms with van der Waals surface area (Å²) in [6.07, 6.45) is 4.86. The van der Waals surface area contributed by atoms with Crippen LogP contribution in [0.2, 0.25) is 5.02 Å². The van der Waals surface area contributed by atoms with Gasteiger partial charge in [-0.2, -0.15) is 14.8 Å². The third kappa shape index (κ3) is 3.80. The molecular weight excluding hydrogens is 454 g/mol. The number of hydrogen-bond acceptors (Lipinski definition) is 5. The van der Waals surface area contributed by atoms with Gasteiger partial charge in [-0.1, -0.05) is 43.2 Å². The standard InChI is InChI=1S/C25H22ClN5O3/c1-15-16(2)27-24(29-22(15)32)31-21(14-19(30-31)20-6-5-13-34-20)28-23(33)25(11-3-4-12-25)17-7-9-18(26)10-8-17/h5-10,13-14H,1,3-4,11-12H2,2H3,(H,28,33). The fourth-order valence-corrected chi connectivity index (χ4v) is 4.57. The third-order valence-corrected chi connectivity index (χ3v) is 6.62. The molecule has 2 aliphatic rings. The van der Waals surface area contributed by atoms with E-state index in [1.807, 2.05) is 12.1 Å². The van der Waals surface area contributed by atoms with Crippen molar-refractivity contribution in [2.24, 2.45) is 9.98 Å². The van der Waals surface area contributed by atoms with Crippen LogP contribution >= 0.6 is 11.6 Å². The van der Waals surface area contributed by atoms with Gasteiger partial charge in [-0.3, -0.25) is 9.59 Å². The third-order valence-electron chi connectivity index (χ3n) is 6.37. The molecule has 0 spiro atoms. The van der Waals surface area contributed by atoms with Gasteiger partial charge >= 0.3 is 0 Å². The number of benzene rings is 1. The van der Waals surface area contributed by atoms with E-state index < -0.39 is 11.3 Å². The van der Waals surface area contributed by atoms with Crippen molar-refractivity contribution >= 4 is 40.9 Å². The van der Waals surface area contributed by atoms with Crippen molar-refractivity contribution in [1.29, 1.82) is 0 Å². The maximum Gasteiger partial charge on any atom is 0.281 e. The Morgan fingerprint density at radius 1 is 1.18 bits per heavy atom. The average molecular weight is 476 g/mol. The first kappa shape index (κ1) is 22.0. The highest BCUT2D eigenvalue weighted by atomic mass is 35.5. The van der Waals surface area contributed by atoms with Gasteiger partial charge in [0.1, 0.15) is 11.5 Å². The molecule has 34 heavy (non-hydrogen) atoms. The van der Waals surface area contributed by atoms with E-state index in [9.17, 15) is 9.59 Å². The SMILES string of the molecule is C=C1C(=O)N=C(n2nc(-c3ccco3)cc2NC(=O)C2(c3ccc(Cl)cc3)CCCC2)N=C1C. The Labute approximate surface area is 201 Å². The van der Waals surface area contributed by atoms with Crippen LogP contribution in [0.5, 0.6) is 0 Å². The quantitative estimate of drug-likeness (QED) is 0.536. The fraction of sp³-hybridized carbons (Fsp3) is 0.240. The van der Waals surface area contributed by atoms with Crippen molar-refractivity contribution in [3.05, 3.63) is 71.5 Å². The zero-order valence-corrected chi connectivity index (χ0v) is 19.3. The number of amides is 2. The minimum atomic E-state index is -0.692. The van der Waals surface area contributed by atoms with Gasteiger partial charge in [0, 0.05) is 11.1 Å². The number of aliphatic imine (C=N–C) groups is 2. The molecule has 0 saturated heterocycles. The Morgan fingerprint density at radius 2 is 1.91 bits per heavy atom. The van der Waals surface area contributed by atoms with Gasteiger partial charge in [0.2, 0.25) is 5.91 Å². The van der Waals surface area contributed by atoms with Crippen LogP contribution in [0.15, 0.2) is 75.3 Å². The number of halogens is 1. The van der Waals surface area contributed by atoms with Crippen LogP contribution in [0.4, 0.5) is 5.82 Å². The van der Waals surface area contributed by atoms with Crippen LogP contribution in [0.1, 0.15) is 38.2 Å². The first-order valence-electron chi connectivity index (χ1n) is 11.0. The molecule has 1 aromatic carbocycles. The van der Waals surface area contributed by atoms with Crippen LogP contribution in [-0.2, 0) is 15.0 Å². The number of furan rings is 1. The molecule has 3 aromatic rings. The Kier molecular flexibility index (Phi) is 5.53. The molecule has 1 fully saturated rings. The van der Waals surface area contributed by atoms with Gasteiger partial charge in [0.15, 0.2) is 5.76 Å². The van der Waals surface area contributed by atoms with Crippen molar-refractivity contribution in [2.75, 3.05) is 5.32 Å². The minimum absolute atomic E-state index is 0.0509. The highest BCUT2D eigenvalue weighted by Crippen LogP contribution is 2.42. The molecule has 172 valence electrons. The van der Waals surface area contributed by atoms with E-state index in [0.717, 1.165) is 31.2 Å². The van der Waals surface area contributed by atoms with Gasteiger partial charge in [-0.25, -0.2) is 4.99 Å². The Morgan fingerprint density at radius 3 is 2.56 bits per heavy atom. The summed E-state index contributed by atoms with van der Waals surface area (Å²) < 4.78 is 6.84. The van der Waals surface area contributed by atoms with E-state index in [4.69, 9.17) is 16.0 Å². The maximum absolute atomic E-state index is 13.8. The second-order valence-corrected chi connectivity index (χ2v) is 8.88. The number of nitrogens with zero attached hydrogens (tertiary/aromatic N) is 4. The predicted molar refractivity (Wildman–Crippen MR) is 130 cm³/mol. The van der Waals surface area contributed by atoms with E-state index in [0.29, 0.717) is 28.0 Å². The molecule has 0 atom stereocenters. The number of carbonyl (C=O) groups excluding carboxylic acids is 2. The molecule has 8 nitrogen and oxygen atoms in total. The lowest BCUT2D eigenvalue weighted by molar-refractivity contribution is -0.121. The van der Waals surface area contributed by atoms with E-state index in [-0.39, 0.29) is 17.4 Å². The monoisotopic (exact) mass is 475 g/mol. The van der Waals surface area contributed by atoms with E-state index in [1.165, 1.54) is 10.9 Å². The van der Waals surface area contributed by atoms with Crippen LogP contribution in [-0.4, -0.2) is 33.3 Å². The number of carbonyl (C=O) groups is 2. The Bertz CT molecular complexity index is 1340. The van der Waals surface area contributed by atoms with Crippen LogP contribution in [0.3, 0.4) is 0 Å². The number of aromatic nitrogens is 2. The number of rotatable bonds is 4. The summed E-state index contributed by atoms with van der Waals surface area (Å²) in [5.74, 6) is 0.244.